The third-order valence-electron chi connectivity index (χ3n) is 4.42. The summed E-state index contributed by atoms with van der Waals surface area (Å²) in [6, 6.07) is 15.1. The van der Waals surface area contributed by atoms with Crippen molar-refractivity contribution >= 4 is 27.3 Å². The van der Waals surface area contributed by atoms with Gasteiger partial charge in [0.25, 0.3) is 0 Å². The molecule has 0 aromatic heterocycles. The Morgan fingerprint density at radius 1 is 0.577 bits per heavy atom. The second-order valence-electron chi connectivity index (χ2n) is 6.06. The monoisotopic (exact) mass is 346 g/mol. The van der Waals surface area contributed by atoms with Crippen molar-refractivity contribution in [2.75, 3.05) is 0 Å². The molecule has 0 aliphatic heterocycles. The van der Waals surface area contributed by atoms with E-state index >= 15 is 0 Å². The Morgan fingerprint density at radius 2 is 0.962 bits per heavy atom. The second-order valence-corrected chi connectivity index (χ2v) is 6.06. The third-order valence-corrected chi connectivity index (χ3v) is 4.42. The van der Waals surface area contributed by atoms with Gasteiger partial charge in [0.15, 0.2) is 0 Å². The second kappa shape index (κ2) is 5.67. The van der Waals surface area contributed by atoms with Crippen molar-refractivity contribution in [2.24, 2.45) is 0 Å². The van der Waals surface area contributed by atoms with E-state index in [-0.39, 0.29) is 34.1 Å². The van der Waals surface area contributed by atoms with Gasteiger partial charge in [-0.25, -0.2) is 0 Å². The maximum Gasteiger partial charge on any atom is 0.201 e. The average Bonchev–Trinajstić information content (AvgIpc) is 2.60. The zero-order valence-electron chi connectivity index (χ0n) is 13.5. The fourth-order valence-corrected chi connectivity index (χ4v) is 3.19. The van der Waals surface area contributed by atoms with Crippen molar-refractivity contribution in [3.05, 3.63) is 71.8 Å². The van der Waals surface area contributed by atoms with Gasteiger partial charge in [-0.15, -0.1) is 0 Å². The van der Waals surface area contributed by atoms with Crippen LogP contribution < -0.4 is 0 Å². The fourth-order valence-electron chi connectivity index (χ4n) is 3.19. The minimum Gasteiger partial charge on any atom is -0.508 e. The summed E-state index contributed by atoms with van der Waals surface area (Å²) < 4.78 is 0. The van der Waals surface area contributed by atoms with Crippen LogP contribution in [0.1, 0.15) is 15.9 Å². The van der Waals surface area contributed by atoms with Crippen LogP contribution in [0.2, 0.25) is 0 Å². The molecule has 4 aromatic rings. The quantitative estimate of drug-likeness (QED) is 0.411. The van der Waals surface area contributed by atoms with E-state index in [0.717, 1.165) is 0 Å². The fraction of sp³-hybridized carbons (Fsp3) is 0. The van der Waals surface area contributed by atoms with Gasteiger partial charge in [0.2, 0.25) is 5.78 Å². The van der Waals surface area contributed by atoms with Gasteiger partial charge in [-0.1, -0.05) is 24.3 Å². The van der Waals surface area contributed by atoms with Gasteiger partial charge < -0.3 is 20.4 Å². The lowest BCUT2D eigenvalue weighted by atomic mass is 9.92. The molecule has 5 heteroatoms. The number of aromatic hydroxyl groups is 4. The number of phenols is 4. The van der Waals surface area contributed by atoms with Crippen LogP contribution in [0, 0.1) is 0 Å². The molecule has 0 aliphatic rings. The zero-order valence-corrected chi connectivity index (χ0v) is 13.5. The molecule has 0 saturated heterocycles. The molecule has 0 unspecified atom stereocenters. The standard InChI is InChI=1S/C21H14O5/c22-13-5-1-11-3-7-17(24)19(15(11)9-13)21(26)20-16-10-14(23)6-2-12(16)4-8-18(20)25/h1-10,22-25H. The van der Waals surface area contributed by atoms with Gasteiger partial charge in [0, 0.05) is 10.8 Å². The molecule has 0 saturated carbocycles. The van der Waals surface area contributed by atoms with E-state index in [2.05, 4.69) is 0 Å². The van der Waals surface area contributed by atoms with Crippen LogP contribution in [0.4, 0.5) is 0 Å². The molecule has 0 radical (unpaired) electrons. The van der Waals surface area contributed by atoms with Gasteiger partial charge in [-0.05, 0) is 47.2 Å². The normalized spacial score (nSPS) is 11.1. The number of ketones is 1. The smallest absolute Gasteiger partial charge is 0.201 e. The molecule has 4 rings (SSSR count). The maximum atomic E-state index is 13.3. The van der Waals surface area contributed by atoms with Crippen LogP contribution in [-0.4, -0.2) is 26.2 Å². The Hall–Kier alpha value is -3.73. The lowest BCUT2D eigenvalue weighted by molar-refractivity contribution is 0.103. The Bertz CT molecular complexity index is 1090. The number of hydrogen-bond donors (Lipinski definition) is 4. The minimum absolute atomic E-state index is 0.0236. The van der Waals surface area contributed by atoms with Gasteiger partial charge in [0.1, 0.15) is 23.0 Å². The molecule has 0 spiro atoms. The van der Waals surface area contributed by atoms with Crippen molar-refractivity contribution in [1.82, 2.24) is 0 Å². The van der Waals surface area contributed by atoms with E-state index in [1.807, 2.05) is 0 Å². The SMILES string of the molecule is O=C(c1c(O)ccc2ccc(O)cc12)c1c(O)ccc2ccc(O)cc12. The summed E-state index contributed by atoms with van der Waals surface area (Å²) in [6.45, 7) is 0. The van der Waals surface area contributed by atoms with E-state index in [0.29, 0.717) is 21.5 Å². The van der Waals surface area contributed by atoms with Gasteiger partial charge >= 0.3 is 0 Å². The van der Waals surface area contributed by atoms with E-state index in [1.54, 1.807) is 24.3 Å². The molecule has 0 atom stereocenters. The lowest BCUT2D eigenvalue weighted by Crippen LogP contribution is -2.04. The number of phenolic OH excluding ortho intramolecular Hbond substituents is 4. The molecular weight excluding hydrogens is 332 g/mol. The summed E-state index contributed by atoms with van der Waals surface area (Å²) in [6.07, 6.45) is 0. The highest BCUT2D eigenvalue weighted by atomic mass is 16.3. The first-order valence-electron chi connectivity index (χ1n) is 7.90. The van der Waals surface area contributed by atoms with Crippen LogP contribution in [0.15, 0.2) is 60.7 Å². The van der Waals surface area contributed by atoms with Gasteiger partial charge in [-0.3, -0.25) is 4.79 Å². The van der Waals surface area contributed by atoms with E-state index < -0.39 is 5.78 Å². The first-order chi connectivity index (χ1) is 12.5. The van der Waals surface area contributed by atoms with Gasteiger partial charge in [-0.2, -0.15) is 0 Å². The predicted molar refractivity (Wildman–Crippen MR) is 98.0 cm³/mol. The summed E-state index contributed by atoms with van der Waals surface area (Å²) in [4.78, 5) is 13.3. The molecule has 0 amide bonds. The first-order valence-corrected chi connectivity index (χ1v) is 7.90. The molecule has 0 aliphatic carbocycles. The summed E-state index contributed by atoms with van der Waals surface area (Å²) in [7, 11) is 0. The zero-order chi connectivity index (χ0) is 18.4. The Labute approximate surface area is 148 Å². The van der Waals surface area contributed by atoms with Gasteiger partial charge in [0.05, 0.1) is 11.1 Å². The van der Waals surface area contributed by atoms with E-state index in [1.165, 1.54) is 36.4 Å². The molecule has 4 N–H and O–H groups in total. The summed E-state index contributed by atoms with van der Waals surface area (Å²) in [5.41, 5.74) is -0.0471. The van der Waals surface area contributed by atoms with E-state index in [4.69, 9.17) is 0 Å². The average molecular weight is 346 g/mol. The minimum atomic E-state index is -0.604. The lowest BCUT2D eigenvalue weighted by Gasteiger charge is -2.12. The largest absolute Gasteiger partial charge is 0.508 e. The molecule has 4 aromatic carbocycles. The highest BCUT2D eigenvalue weighted by Crippen LogP contribution is 2.36. The summed E-state index contributed by atoms with van der Waals surface area (Å²) in [5, 5.41) is 42.3. The van der Waals surface area contributed by atoms with Crippen molar-refractivity contribution in [2.45, 2.75) is 0 Å². The number of carbonyl (C=O) groups is 1. The van der Waals surface area contributed by atoms with Crippen LogP contribution in [0.3, 0.4) is 0 Å². The Balaban J connectivity index is 2.06. The summed E-state index contributed by atoms with van der Waals surface area (Å²) >= 11 is 0. The predicted octanol–water partition coefficient (Wildman–Crippen LogP) is 4.05. The van der Waals surface area contributed by atoms with Crippen LogP contribution in [-0.2, 0) is 0 Å². The molecule has 0 fully saturated rings. The highest BCUT2D eigenvalue weighted by molar-refractivity contribution is 6.24. The molecule has 5 nitrogen and oxygen atoms in total. The van der Waals surface area contributed by atoms with Crippen molar-refractivity contribution in [3.8, 4) is 23.0 Å². The molecule has 128 valence electrons. The van der Waals surface area contributed by atoms with Crippen LogP contribution >= 0.6 is 0 Å². The molecule has 0 heterocycles. The highest BCUT2D eigenvalue weighted by Gasteiger charge is 2.23. The Kier molecular flexibility index (Phi) is 3.44. The Morgan fingerprint density at radius 3 is 1.38 bits per heavy atom. The summed E-state index contributed by atoms with van der Waals surface area (Å²) in [5.74, 6) is -1.21. The van der Waals surface area contributed by atoms with Crippen molar-refractivity contribution in [1.29, 1.82) is 0 Å². The number of carbonyl (C=O) groups excluding carboxylic acids is 1. The number of benzene rings is 4. The topological polar surface area (TPSA) is 98.0 Å². The number of rotatable bonds is 2. The first kappa shape index (κ1) is 15.8. The van der Waals surface area contributed by atoms with Crippen molar-refractivity contribution in [3.63, 3.8) is 0 Å². The molecule has 0 bridgehead atoms. The number of hydrogen-bond acceptors (Lipinski definition) is 5. The van der Waals surface area contributed by atoms with E-state index in [9.17, 15) is 25.2 Å². The maximum absolute atomic E-state index is 13.3. The number of fused-ring (bicyclic) bond motifs is 2. The molecule has 26 heavy (non-hydrogen) atoms. The molecular formula is C21H14O5. The van der Waals surface area contributed by atoms with Crippen molar-refractivity contribution < 1.29 is 25.2 Å². The van der Waals surface area contributed by atoms with Crippen LogP contribution in [0.25, 0.3) is 21.5 Å². The van der Waals surface area contributed by atoms with Crippen LogP contribution in [0.5, 0.6) is 23.0 Å². The third kappa shape index (κ3) is 2.38.